The molecule has 2 aliphatic rings. The van der Waals surface area contributed by atoms with Crippen molar-refractivity contribution in [1.82, 2.24) is 0 Å². The van der Waals surface area contributed by atoms with Crippen molar-refractivity contribution in [2.24, 2.45) is 28.3 Å². The molecule has 4 unspecified atom stereocenters. The maximum absolute atomic E-state index is 11.9. The van der Waals surface area contributed by atoms with Crippen LogP contribution in [0.3, 0.4) is 0 Å². The first kappa shape index (κ1) is 21.9. The third-order valence-corrected chi connectivity index (χ3v) is 8.05. The van der Waals surface area contributed by atoms with Crippen LogP contribution in [0.15, 0.2) is 5.18 Å². The van der Waals surface area contributed by atoms with Crippen LogP contribution in [0.4, 0.5) is 0 Å². The Kier molecular flexibility index (Phi) is 8.61. The quantitative estimate of drug-likeness (QED) is 0.464. The van der Waals surface area contributed by atoms with Gasteiger partial charge < -0.3 is 0 Å². The third kappa shape index (κ3) is 6.34. The van der Waals surface area contributed by atoms with E-state index in [-0.39, 0.29) is 5.54 Å². The minimum absolute atomic E-state index is 0.290. The monoisotopic (exact) mass is 363 g/mol. The fourth-order valence-electron chi connectivity index (χ4n) is 5.24. The van der Waals surface area contributed by atoms with Gasteiger partial charge in [-0.25, -0.2) is 0 Å². The normalized spacial score (nSPS) is 38.3. The van der Waals surface area contributed by atoms with Crippen LogP contribution >= 0.6 is 0 Å². The van der Waals surface area contributed by atoms with Crippen molar-refractivity contribution in [1.29, 1.82) is 0 Å². The number of nitroso groups, excluding NO2 is 1. The largest absolute Gasteiger partial charge is 0.150 e. The van der Waals surface area contributed by atoms with Gasteiger partial charge in [-0.3, -0.25) is 0 Å². The highest BCUT2D eigenvalue weighted by atomic mass is 16.3. The fraction of sp³-hybridized carbons (Fsp3) is 1.00. The summed E-state index contributed by atoms with van der Waals surface area (Å²) in [4.78, 5) is 11.9. The summed E-state index contributed by atoms with van der Waals surface area (Å²) in [6.07, 6.45) is 19.8. The highest BCUT2D eigenvalue weighted by molar-refractivity contribution is 4.99. The van der Waals surface area contributed by atoms with Crippen LogP contribution in [0.2, 0.25) is 0 Å². The van der Waals surface area contributed by atoms with Crippen molar-refractivity contribution in [2.75, 3.05) is 0 Å². The van der Waals surface area contributed by atoms with Gasteiger partial charge in [0, 0.05) is 0 Å². The number of hydrogen-bond acceptors (Lipinski definition) is 2. The molecule has 0 aromatic heterocycles. The Morgan fingerprint density at radius 1 is 0.885 bits per heavy atom. The standard InChI is InChI=1S/C24H45NO/c1-5-23(4)15-12-10-8-6-7-9-11-13-16-24(25-26,20(2)3)19-22-18-21(22)14-17-23/h20-22H,5-19H2,1-4H3. The van der Waals surface area contributed by atoms with Crippen LogP contribution in [0, 0.1) is 28.1 Å². The van der Waals surface area contributed by atoms with Crippen molar-refractivity contribution in [2.45, 2.75) is 130 Å². The summed E-state index contributed by atoms with van der Waals surface area (Å²) < 4.78 is 0. The molecule has 152 valence electrons. The van der Waals surface area contributed by atoms with E-state index in [0.29, 0.717) is 11.3 Å². The van der Waals surface area contributed by atoms with Crippen LogP contribution in [-0.2, 0) is 0 Å². The molecular weight excluding hydrogens is 318 g/mol. The van der Waals surface area contributed by atoms with E-state index < -0.39 is 0 Å². The predicted molar refractivity (Wildman–Crippen MR) is 113 cm³/mol. The molecule has 0 heterocycles. The van der Waals surface area contributed by atoms with Gasteiger partial charge in [0.15, 0.2) is 0 Å². The maximum atomic E-state index is 11.9. The van der Waals surface area contributed by atoms with E-state index in [1.165, 1.54) is 83.5 Å². The van der Waals surface area contributed by atoms with E-state index in [1.54, 1.807) is 0 Å². The van der Waals surface area contributed by atoms with Crippen molar-refractivity contribution in [3.05, 3.63) is 4.91 Å². The number of rotatable bonds is 3. The van der Waals surface area contributed by atoms with E-state index in [2.05, 4.69) is 32.9 Å². The zero-order valence-electron chi connectivity index (χ0n) is 18.2. The van der Waals surface area contributed by atoms with Crippen LogP contribution < -0.4 is 0 Å². The van der Waals surface area contributed by atoms with Crippen molar-refractivity contribution >= 4 is 0 Å². The summed E-state index contributed by atoms with van der Waals surface area (Å²) in [5.74, 6) is 2.02. The average molecular weight is 364 g/mol. The van der Waals surface area contributed by atoms with Crippen molar-refractivity contribution < 1.29 is 0 Å². The first-order valence-electron chi connectivity index (χ1n) is 11.8. The summed E-state index contributed by atoms with van der Waals surface area (Å²) in [5.41, 5.74) is 0.251. The first-order chi connectivity index (χ1) is 12.4. The van der Waals surface area contributed by atoms with Crippen LogP contribution in [-0.4, -0.2) is 5.54 Å². The van der Waals surface area contributed by atoms with E-state index in [1.807, 2.05) is 0 Å². The Hall–Kier alpha value is -0.400. The van der Waals surface area contributed by atoms with E-state index in [0.717, 1.165) is 24.7 Å². The molecule has 2 fully saturated rings. The Morgan fingerprint density at radius 3 is 2.00 bits per heavy atom. The Morgan fingerprint density at radius 2 is 1.46 bits per heavy atom. The fourth-order valence-corrected chi connectivity index (χ4v) is 5.24. The molecule has 2 nitrogen and oxygen atoms in total. The number of nitrogens with zero attached hydrogens (tertiary/aromatic N) is 1. The lowest BCUT2D eigenvalue weighted by atomic mass is 9.76. The summed E-state index contributed by atoms with van der Waals surface area (Å²) in [6.45, 7) is 9.34. The molecule has 0 bridgehead atoms. The third-order valence-electron chi connectivity index (χ3n) is 8.05. The van der Waals surface area contributed by atoms with E-state index >= 15 is 0 Å². The van der Waals surface area contributed by atoms with Gasteiger partial charge in [-0.05, 0) is 61.7 Å². The Labute approximate surface area is 163 Å². The number of hydrogen-bond donors (Lipinski definition) is 0. The minimum Gasteiger partial charge on any atom is -0.150 e. The summed E-state index contributed by atoms with van der Waals surface area (Å²) in [7, 11) is 0. The highest BCUT2D eigenvalue weighted by Crippen LogP contribution is 2.52. The zero-order valence-corrected chi connectivity index (χ0v) is 18.2. The SMILES string of the molecule is CCC1(C)CCCCCCCCCCC(N=O)(C(C)C)CC2CC2CC1. The molecule has 0 aromatic rings. The van der Waals surface area contributed by atoms with E-state index in [9.17, 15) is 4.91 Å². The second-order valence-corrected chi connectivity index (χ2v) is 10.3. The highest BCUT2D eigenvalue weighted by Gasteiger charge is 2.46. The first-order valence-corrected chi connectivity index (χ1v) is 11.8. The molecule has 0 spiro atoms. The predicted octanol–water partition coefficient (Wildman–Crippen LogP) is 8.28. The molecule has 4 atom stereocenters. The molecule has 2 rings (SSSR count). The molecule has 2 saturated carbocycles. The smallest absolute Gasteiger partial charge is 0.105 e. The Bertz CT molecular complexity index is 420. The summed E-state index contributed by atoms with van der Waals surface area (Å²) in [6, 6.07) is 0. The van der Waals surface area contributed by atoms with Gasteiger partial charge in [0.05, 0.1) is 0 Å². The van der Waals surface area contributed by atoms with Gasteiger partial charge in [0.2, 0.25) is 0 Å². The van der Waals surface area contributed by atoms with E-state index in [4.69, 9.17) is 0 Å². The van der Waals surface area contributed by atoms with Crippen LogP contribution in [0.5, 0.6) is 0 Å². The maximum Gasteiger partial charge on any atom is 0.105 e. The Balaban J connectivity index is 1.98. The molecule has 0 saturated heterocycles. The summed E-state index contributed by atoms with van der Waals surface area (Å²) >= 11 is 0. The van der Waals surface area contributed by atoms with Gasteiger partial charge in [-0.1, -0.05) is 90.7 Å². The second-order valence-electron chi connectivity index (χ2n) is 10.3. The van der Waals surface area contributed by atoms with Gasteiger partial charge in [0.1, 0.15) is 5.54 Å². The van der Waals surface area contributed by atoms with Crippen LogP contribution in [0.1, 0.15) is 124 Å². The second kappa shape index (κ2) is 10.2. The molecule has 0 aromatic carbocycles. The molecule has 2 aliphatic carbocycles. The molecule has 0 radical (unpaired) electrons. The van der Waals surface area contributed by atoms with Crippen molar-refractivity contribution in [3.63, 3.8) is 0 Å². The van der Waals surface area contributed by atoms with Gasteiger partial charge >= 0.3 is 0 Å². The van der Waals surface area contributed by atoms with Gasteiger partial charge in [-0.15, -0.1) is 0 Å². The minimum atomic E-state index is -0.290. The molecule has 2 heteroatoms. The molecule has 26 heavy (non-hydrogen) atoms. The lowest BCUT2D eigenvalue weighted by molar-refractivity contribution is 0.226. The lowest BCUT2D eigenvalue weighted by Gasteiger charge is -2.31. The lowest BCUT2D eigenvalue weighted by Crippen LogP contribution is -2.33. The average Bonchev–Trinajstić information content (AvgIpc) is 3.37. The molecule has 0 amide bonds. The van der Waals surface area contributed by atoms with Gasteiger partial charge in [0.25, 0.3) is 0 Å². The van der Waals surface area contributed by atoms with Crippen LogP contribution in [0.25, 0.3) is 0 Å². The molecule has 0 N–H and O–H groups in total. The zero-order chi connectivity index (χ0) is 19.0. The topological polar surface area (TPSA) is 29.4 Å². The molecular formula is C24H45NO. The molecule has 0 aliphatic heterocycles. The van der Waals surface area contributed by atoms with Crippen molar-refractivity contribution in [3.8, 4) is 0 Å². The van der Waals surface area contributed by atoms with Gasteiger partial charge in [-0.2, -0.15) is 4.91 Å². The summed E-state index contributed by atoms with van der Waals surface area (Å²) in [5, 5.41) is 3.77. The number of fused-ring (bicyclic) bond motifs is 1.